The molecule has 0 saturated heterocycles. The highest BCUT2D eigenvalue weighted by atomic mass is 35.5. The lowest BCUT2D eigenvalue weighted by Crippen LogP contribution is -2.62. The summed E-state index contributed by atoms with van der Waals surface area (Å²) in [7, 11) is 1.11. The molecule has 0 radical (unpaired) electrons. The fraction of sp³-hybridized carbons (Fsp3) is 1.00. The van der Waals surface area contributed by atoms with E-state index < -0.39 is 0 Å². The summed E-state index contributed by atoms with van der Waals surface area (Å²) in [5, 5.41) is 0.409. The van der Waals surface area contributed by atoms with Gasteiger partial charge in [-0.05, 0) is 25.4 Å². The Morgan fingerprint density at radius 1 is 1.21 bits per heavy atom. The molecule has 0 aliphatic heterocycles. The van der Waals surface area contributed by atoms with Crippen molar-refractivity contribution >= 4 is 21.8 Å². The summed E-state index contributed by atoms with van der Waals surface area (Å²) in [6.45, 7) is 15.7. The zero-order valence-corrected chi connectivity index (χ0v) is 13.6. The second-order valence-electron chi connectivity index (χ2n) is 5.19. The molecule has 2 atom stereocenters. The Hall–Kier alpha value is 0.467. The molecule has 0 amide bonds. The van der Waals surface area contributed by atoms with Crippen LogP contribution in [0.15, 0.2) is 0 Å². The first-order valence-electron chi connectivity index (χ1n) is 5.60. The summed E-state index contributed by atoms with van der Waals surface area (Å²) >= 11 is 6.41. The number of hydrogen-bond acceptors (Lipinski definition) is 1. The van der Waals surface area contributed by atoms with Gasteiger partial charge < -0.3 is 0 Å². The van der Waals surface area contributed by atoms with E-state index in [1.54, 1.807) is 0 Å². The molecule has 0 bridgehead atoms. The van der Waals surface area contributed by atoms with Crippen LogP contribution in [0.5, 0.6) is 0 Å². The molecule has 0 spiro atoms. The highest BCUT2D eigenvalue weighted by molar-refractivity contribution is 6.28. The number of nitrogens with zero attached hydrogens (tertiary/aromatic N) is 1. The van der Waals surface area contributed by atoms with Crippen LogP contribution in [-0.4, -0.2) is 38.8 Å². The van der Waals surface area contributed by atoms with Crippen LogP contribution in [0, 0.1) is 5.41 Å². The normalized spacial score (nSPS) is 19.7. The average Bonchev–Trinajstić information content (AvgIpc) is 2.03. The standard InChI is InChI=1S/C11H26ClNSi/c1-7-13(8-2)11(14,9(3)12)10(4,5)6/h9H,7-8H2,1-6,14H3. The summed E-state index contributed by atoms with van der Waals surface area (Å²) < 4.78 is 0. The van der Waals surface area contributed by atoms with Crippen LogP contribution in [0.25, 0.3) is 0 Å². The summed E-state index contributed by atoms with van der Waals surface area (Å²) in [6.07, 6.45) is 0. The molecule has 1 nitrogen and oxygen atoms in total. The van der Waals surface area contributed by atoms with Gasteiger partial charge in [0.15, 0.2) is 0 Å². The molecule has 0 saturated carbocycles. The lowest BCUT2D eigenvalue weighted by Gasteiger charge is -2.52. The average molecular weight is 236 g/mol. The van der Waals surface area contributed by atoms with E-state index in [9.17, 15) is 0 Å². The Balaban J connectivity index is 5.08. The summed E-state index contributed by atoms with van der Waals surface area (Å²) in [5.74, 6) is 0. The third kappa shape index (κ3) is 2.53. The van der Waals surface area contributed by atoms with E-state index >= 15 is 0 Å². The summed E-state index contributed by atoms with van der Waals surface area (Å²) in [6, 6.07) is 0. The van der Waals surface area contributed by atoms with Gasteiger partial charge in [0.2, 0.25) is 0 Å². The first-order chi connectivity index (χ1) is 6.21. The maximum Gasteiger partial charge on any atom is 0.0459 e. The van der Waals surface area contributed by atoms with Crippen LogP contribution >= 0.6 is 11.6 Å². The molecule has 2 unspecified atom stereocenters. The van der Waals surface area contributed by atoms with Crippen molar-refractivity contribution in [3.63, 3.8) is 0 Å². The van der Waals surface area contributed by atoms with Gasteiger partial charge in [0, 0.05) is 20.8 Å². The Morgan fingerprint density at radius 2 is 1.57 bits per heavy atom. The smallest absolute Gasteiger partial charge is 0.0459 e. The van der Waals surface area contributed by atoms with Gasteiger partial charge >= 0.3 is 0 Å². The van der Waals surface area contributed by atoms with E-state index in [4.69, 9.17) is 11.6 Å². The van der Waals surface area contributed by atoms with Crippen molar-refractivity contribution in [3.8, 4) is 0 Å². The largest absolute Gasteiger partial charge is 0.300 e. The van der Waals surface area contributed by atoms with Gasteiger partial charge in [-0.3, -0.25) is 4.90 Å². The monoisotopic (exact) mass is 235 g/mol. The Bertz CT molecular complexity index is 173. The predicted octanol–water partition coefficient (Wildman–Crippen LogP) is 2.06. The molecule has 0 aliphatic rings. The van der Waals surface area contributed by atoms with E-state index in [-0.39, 0.29) is 16.0 Å². The first kappa shape index (κ1) is 14.5. The predicted molar refractivity (Wildman–Crippen MR) is 70.4 cm³/mol. The molecule has 0 heterocycles. The second-order valence-corrected chi connectivity index (χ2v) is 7.37. The fourth-order valence-electron chi connectivity index (χ4n) is 2.20. The van der Waals surface area contributed by atoms with Crippen molar-refractivity contribution in [3.05, 3.63) is 0 Å². The second kappa shape index (κ2) is 5.00. The third-order valence-electron chi connectivity index (χ3n) is 3.71. The van der Waals surface area contributed by atoms with Gasteiger partial charge in [0.05, 0.1) is 0 Å². The highest BCUT2D eigenvalue weighted by Gasteiger charge is 2.44. The molecule has 3 heteroatoms. The minimum Gasteiger partial charge on any atom is -0.300 e. The fourth-order valence-corrected chi connectivity index (χ4v) is 3.30. The zero-order chi connectivity index (χ0) is 11.6. The van der Waals surface area contributed by atoms with Crippen molar-refractivity contribution in [2.24, 2.45) is 5.41 Å². The lowest BCUT2D eigenvalue weighted by atomic mass is 9.82. The van der Waals surface area contributed by atoms with Gasteiger partial charge in [-0.15, -0.1) is 11.6 Å². The van der Waals surface area contributed by atoms with Gasteiger partial charge in [-0.2, -0.15) is 0 Å². The summed E-state index contributed by atoms with van der Waals surface area (Å²) in [4.78, 5) is 2.52. The van der Waals surface area contributed by atoms with Crippen molar-refractivity contribution in [1.29, 1.82) is 0 Å². The first-order valence-corrected chi connectivity index (χ1v) is 7.04. The maximum atomic E-state index is 6.41. The van der Waals surface area contributed by atoms with Crippen molar-refractivity contribution in [1.82, 2.24) is 4.90 Å². The number of alkyl halides is 1. The molecule has 0 aromatic heterocycles. The van der Waals surface area contributed by atoms with Gasteiger partial charge in [0.1, 0.15) is 0 Å². The SMILES string of the molecule is CCN(CC)C([SiH3])(C(C)Cl)C(C)(C)C. The molecular formula is C11H26ClNSi. The van der Waals surface area contributed by atoms with Crippen LogP contribution in [0.4, 0.5) is 0 Å². The van der Waals surface area contributed by atoms with Crippen LogP contribution in [0.3, 0.4) is 0 Å². The quantitative estimate of drug-likeness (QED) is 0.533. The minimum absolute atomic E-state index is 0.193. The third-order valence-corrected chi connectivity index (χ3v) is 7.50. The molecule has 0 aliphatic carbocycles. The zero-order valence-electron chi connectivity index (χ0n) is 10.8. The Labute approximate surface area is 97.6 Å². The maximum absolute atomic E-state index is 6.41. The van der Waals surface area contributed by atoms with Crippen LogP contribution in [0.2, 0.25) is 0 Å². The van der Waals surface area contributed by atoms with E-state index in [2.05, 4.69) is 46.4 Å². The van der Waals surface area contributed by atoms with Crippen molar-refractivity contribution < 1.29 is 0 Å². The van der Waals surface area contributed by atoms with Crippen LogP contribution in [-0.2, 0) is 0 Å². The number of rotatable bonds is 4. The molecule has 0 N–H and O–H groups in total. The number of halogens is 1. The molecule has 86 valence electrons. The van der Waals surface area contributed by atoms with E-state index in [1.165, 1.54) is 0 Å². The molecule has 0 rings (SSSR count). The molecule has 0 fully saturated rings. The van der Waals surface area contributed by atoms with E-state index in [1.807, 2.05) is 0 Å². The lowest BCUT2D eigenvalue weighted by molar-refractivity contribution is 0.0698. The van der Waals surface area contributed by atoms with Crippen LogP contribution in [0.1, 0.15) is 41.5 Å². The van der Waals surface area contributed by atoms with Crippen molar-refractivity contribution in [2.75, 3.05) is 13.1 Å². The van der Waals surface area contributed by atoms with Crippen molar-refractivity contribution in [2.45, 2.75) is 52.1 Å². The van der Waals surface area contributed by atoms with Gasteiger partial charge in [0.25, 0.3) is 0 Å². The Kier molecular flexibility index (Phi) is 5.16. The molecule has 0 aromatic carbocycles. The van der Waals surface area contributed by atoms with Gasteiger partial charge in [-0.25, -0.2) is 0 Å². The van der Waals surface area contributed by atoms with E-state index in [0.717, 1.165) is 23.3 Å². The van der Waals surface area contributed by atoms with Gasteiger partial charge in [-0.1, -0.05) is 34.6 Å². The minimum atomic E-state index is 0.193. The highest BCUT2D eigenvalue weighted by Crippen LogP contribution is 2.38. The molecular weight excluding hydrogens is 210 g/mol. The Morgan fingerprint density at radius 3 is 1.64 bits per heavy atom. The van der Waals surface area contributed by atoms with Crippen LogP contribution < -0.4 is 0 Å². The number of hydrogen-bond donors (Lipinski definition) is 0. The topological polar surface area (TPSA) is 3.24 Å². The summed E-state index contributed by atoms with van der Waals surface area (Å²) in [5.41, 5.74) is 0.256. The van der Waals surface area contributed by atoms with E-state index in [0.29, 0.717) is 0 Å². The molecule has 14 heavy (non-hydrogen) atoms. The molecule has 0 aromatic rings.